The molecule has 0 amide bonds. The van der Waals surface area contributed by atoms with Crippen LogP contribution >= 0.6 is 0 Å². The van der Waals surface area contributed by atoms with E-state index in [-0.39, 0.29) is 17.5 Å². The Bertz CT molecular complexity index is 588. The van der Waals surface area contributed by atoms with Crippen molar-refractivity contribution in [2.45, 2.75) is 30.3 Å². The summed E-state index contributed by atoms with van der Waals surface area (Å²) in [6, 6.07) is 7.56. The molecule has 1 N–H and O–H groups in total. The molecule has 0 bridgehead atoms. The molecular formula is C14H20N2O4S. The van der Waals surface area contributed by atoms with Crippen LogP contribution in [0.1, 0.15) is 13.3 Å². The number of carbonyl (C=O) groups excluding carboxylic acids is 1. The molecule has 21 heavy (non-hydrogen) atoms. The van der Waals surface area contributed by atoms with Crippen molar-refractivity contribution >= 4 is 16.0 Å². The van der Waals surface area contributed by atoms with Crippen LogP contribution in [-0.2, 0) is 19.6 Å². The van der Waals surface area contributed by atoms with Crippen LogP contribution in [0.2, 0.25) is 0 Å². The lowest BCUT2D eigenvalue weighted by molar-refractivity contribution is -0.144. The van der Waals surface area contributed by atoms with Crippen LogP contribution < -0.4 is 5.32 Å². The third kappa shape index (κ3) is 3.42. The second kappa shape index (κ2) is 6.55. The number of esters is 1. The number of hydrogen-bond donors (Lipinski definition) is 1. The second-order valence-corrected chi connectivity index (χ2v) is 6.92. The van der Waals surface area contributed by atoms with E-state index in [1.165, 1.54) is 11.4 Å². The van der Waals surface area contributed by atoms with Gasteiger partial charge in [-0.3, -0.25) is 10.1 Å². The number of hydrogen-bond acceptors (Lipinski definition) is 5. The lowest BCUT2D eigenvalue weighted by atomic mass is 10.1. The van der Waals surface area contributed by atoms with E-state index in [9.17, 15) is 13.2 Å². The van der Waals surface area contributed by atoms with Gasteiger partial charge in [-0.25, -0.2) is 8.42 Å². The first-order chi connectivity index (χ1) is 9.98. The zero-order valence-corrected chi connectivity index (χ0v) is 13.0. The zero-order valence-electron chi connectivity index (χ0n) is 12.2. The molecule has 1 fully saturated rings. The molecule has 0 spiro atoms. The van der Waals surface area contributed by atoms with Crippen LogP contribution in [0.25, 0.3) is 0 Å². The number of carbonyl (C=O) groups is 1. The summed E-state index contributed by atoms with van der Waals surface area (Å²) in [5.74, 6) is -0.443. The molecule has 0 aliphatic carbocycles. The van der Waals surface area contributed by atoms with E-state index in [4.69, 9.17) is 4.74 Å². The molecular weight excluding hydrogens is 292 g/mol. The Hall–Kier alpha value is -1.44. The van der Waals surface area contributed by atoms with Gasteiger partial charge in [-0.15, -0.1) is 0 Å². The summed E-state index contributed by atoms with van der Waals surface area (Å²) in [6.07, 6.45) is 0.730. The molecule has 0 radical (unpaired) electrons. The van der Waals surface area contributed by atoms with E-state index in [2.05, 4.69) is 5.32 Å². The fourth-order valence-corrected chi connectivity index (χ4v) is 3.90. The molecule has 1 aliphatic rings. The van der Waals surface area contributed by atoms with Crippen molar-refractivity contribution < 1.29 is 17.9 Å². The molecule has 0 aromatic heterocycles. The molecule has 1 aliphatic heterocycles. The molecule has 116 valence electrons. The SMILES string of the molecule is CCC1CN(S(=O)(=O)c2ccccc2)CC(C(=O)OC)N1. The van der Waals surface area contributed by atoms with Crippen molar-refractivity contribution in [3.8, 4) is 0 Å². The maximum Gasteiger partial charge on any atom is 0.324 e. The van der Waals surface area contributed by atoms with Crippen LogP contribution in [0, 0.1) is 0 Å². The molecule has 7 heteroatoms. The molecule has 1 heterocycles. The summed E-state index contributed by atoms with van der Waals surface area (Å²) in [5, 5.41) is 3.13. The molecule has 2 atom stereocenters. The van der Waals surface area contributed by atoms with Gasteiger partial charge in [-0.05, 0) is 18.6 Å². The largest absolute Gasteiger partial charge is 0.468 e. The third-order valence-electron chi connectivity index (χ3n) is 3.61. The van der Waals surface area contributed by atoms with Crippen molar-refractivity contribution in [2.75, 3.05) is 20.2 Å². The number of rotatable bonds is 4. The molecule has 1 aromatic rings. The molecule has 6 nitrogen and oxygen atoms in total. The van der Waals surface area contributed by atoms with Gasteiger partial charge >= 0.3 is 5.97 Å². The topological polar surface area (TPSA) is 75.7 Å². The van der Waals surface area contributed by atoms with Gasteiger partial charge in [0, 0.05) is 19.1 Å². The highest BCUT2D eigenvalue weighted by Gasteiger charge is 2.37. The monoisotopic (exact) mass is 312 g/mol. The first kappa shape index (κ1) is 15.9. The Balaban J connectivity index is 2.27. The molecule has 0 saturated carbocycles. The number of sulfonamides is 1. The van der Waals surface area contributed by atoms with Gasteiger partial charge in [0.25, 0.3) is 0 Å². The highest BCUT2D eigenvalue weighted by atomic mass is 32.2. The van der Waals surface area contributed by atoms with Gasteiger partial charge in [-0.2, -0.15) is 4.31 Å². The Morgan fingerprint density at radius 2 is 2.00 bits per heavy atom. The van der Waals surface area contributed by atoms with Crippen LogP contribution in [0.4, 0.5) is 0 Å². The predicted molar refractivity (Wildman–Crippen MR) is 78.2 cm³/mol. The van der Waals surface area contributed by atoms with Gasteiger partial charge < -0.3 is 4.74 Å². The molecule has 2 unspecified atom stereocenters. The van der Waals surface area contributed by atoms with Crippen molar-refractivity contribution in [1.29, 1.82) is 0 Å². The Morgan fingerprint density at radius 1 is 1.33 bits per heavy atom. The third-order valence-corrected chi connectivity index (χ3v) is 5.45. The molecule has 2 rings (SSSR count). The van der Waals surface area contributed by atoms with Gasteiger partial charge in [-0.1, -0.05) is 25.1 Å². The number of methoxy groups -OCH3 is 1. The average molecular weight is 312 g/mol. The molecule has 1 saturated heterocycles. The normalized spacial score (nSPS) is 23.7. The highest BCUT2D eigenvalue weighted by Crippen LogP contribution is 2.19. The van der Waals surface area contributed by atoms with Crippen molar-refractivity contribution in [3.63, 3.8) is 0 Å². The van der Waals surface area contributed by atoms with Gasteiger partial charge in [0.2, 0.25) is 10.0 Å². The summed E-state index contributed by atoms with van der Waals surface area (Å²) < 4.78 is 31.4. The summed E-state index contributed by atoms with van der Waals surface area (Å²) in [5.41, 5.74) is 0. The minimum Gasteiger partial charge on any atom is -0.468 e. The summed E-state index contributed by atoms with van der Waals surface area (Å²) in [7, 11) is -2.29. The predicted octanol–water partition coefficient (Wildman–Crippen LogP) is 0.601. The number of benzene rings is 1. The van der Waals surface area contributed by atoms with E-state index in [1.54, 1.807) is 30.3 Å². The smallest absolute Gasteiger partial charge is 0.324 e. The van der Waals surface area contributed by atoms with Crippen LogP contribution in [0.3, 0.4) is 0 Å². The maximum absolute atomic E-state index is 12.7. The first-order valence-electron chi connectivity index (χ1n) is 6.88. The summed E-state index contributed by atoms with van der Waals surface area (Å²) in [6.45, 7) is 2.38. The van der Waals surface area contributed by atoms with Crippen molar-refractivity contribution in [3.05, 3.63) is 30.3 Å². The van der Waals surface area contributed by atoms with E-state index in [0.717, 1.165) is 6.42 Å². The number of nitrogens with zero attached hydrogens (tertiary/aromatic N) is 1. The quantitative estimate of drug-likeness (QED) is 0.824. The van der Waals surface area contributed by atoms with Crippen LogP contribution in [0.5, 0.6) is 0 Å². The number of ether oxygens (including phenoxy) is 1. The zero-order chi connectivity index (χ0) is 15.5. The van der Waals surface area contributed by atoms with E-state index < -0.39 is 22.0 Å². The summed E-state index contributed by atoms with van der Waals surface area (Å²) >= 11 is 0. The van der Waals surface area contributed by atoms with Gasteiger partial charge in [0.1, 0.15) is 6.04 Å². The minimum atomic E-state index is -3.59. The highest BCUT2D eigenvalue weighted by molar-refractivity contribution is 7.89. The fraction of sp³-hybridized carbons (Fsp3) is 0.500. The summed E-state index contributed by atoms with van der Waals surface area (Å²) in [4.78, 5) is 12.0. The minimum absolute atomic E-state index is 0.0682. The fourth-order valence-electron chi connectivity index (χ4n) is 2.38. The lowest BCUT2D eigenvalue weighted by Crippen LogP contribution is -2.60. The molecule has 1 aromatic carbocycles. The lowest BCUT2D eigenvalue weighted by Gasteiger charge is -2.36. The van der Waals surface area contributed by atoms with Crippen molar-refractivity contribution in [2.24, 2.45) is 0 Å². The van der Waals surface area contributed by atoms with Crippen LogP contribution in [-0.4, -0.2) is 51.0 Å². The van der Waals surface area contributed by atoms with Gasteiger partial charge in [0.15, 0.2) is 0 Å². The maximum atomic E-state index is 12.7. The Morgan fingerprint density at radius 3 is 2.57 bits per heavy atom. The van der Waals surface area contributed by atoms with Gasteiger partial charge in [0.05, 0.1) is 12.0 Å². The number of piperazine rings is 1. The van der Waals surface area contributed by atoms with E-state index in [0.29, 0.717) is 6.54 Å². The Labute approximate surface area is 125 Å². The average Bonchev–Trinajstić information content (AvgIpc) is 2.54. The Kier molecular flexibility index (Phi) is 4.97. The van der Waals surface area contributed by atoms with Crippen molar-refractivity contribution in [1.82, 2.24) is 9.62 Å². The first-order valence-corrected chi connectivity index (χ1v) is 8.32. The van der Waals surface area contributed by atoms with Crippen LogP contribution in [0.15, 0.2) is 35.2 Å². The standard InChI is InChI=1S/C14H20N2O4S/c1-3-11-9-16(10-13(15-11)14(17)20-2)21(18,19)12-7-5-4-6-8-12/h4-8,11,13,15H,3,9-10H2,1-2H3. The van der Waals surface area contributed by atoms with E-state index in [1.807, 2.05) is 6.92 Å². The van der Waals surface area contributed by atoms with E-state index >= 15 is 0 Å². The second-order valence-electron chi connectivity index (χ2n) is 4.98. The number of nitrogens with one attached hydrogen (secondary N) is 1.